The van der Waals surface area contributed by atoms with E-state index in [1.807, 2.05) is 6.07 Å². The third-order valence-corrected chi connectivity index (χ3v) is 2.82. The number of hydrogen-bond acceptors (Lipinski definition) is 3. The molecule has 1 saturated carbocycles. The topological polar surface area (TPSA) is 90.2 Å². The van der Waals surface area contributed by atoms with Crippen LogP contribution in [0.5, 0.6) is 0 Å². The zero-order chi connectivity index (χ0) is 11.5. The lowest BCUT2D eigenvalue weighted by molar-refractivity contribution is -0.142. The average Bonchev–Trinajstić information content (AvgIpc) is 2.66. The number of amides is 1. The highest BCUT2D eigenvalue weighted by atomic mass is 16.4. The molecule has 0 aromatic carbocycles. The van der Waals surface area contributed by atoms with Crippen LogP contribution in [0.4, 0.5) is 0 Å². The van der Waals surface area contributed by atoms with Gasteiger partial charge in [-0.2, -0.15) is 5.26 Å². The van der Waals surface area contributed by atoms with Crippen LogP contribution in [0.15, 0.2) is 0 Å². The lowest BCUT2D eigenvalue weighted by Crippen LogP contribution is -2.45. The van der Waals surface area contributed by atoms with Crippen molar-refractivity contribution in [1.29, 1.82) is 5.26 Å². The summed E-state index contributed by atoms with van der Waals surface area (Å²) >= 11 is 0. The van der Waals surface area contributed by atoms with Gasteiger partial charge in [-0.05, 0) is 19.8 Å². The Morgan fingerprint density at radius 3 is 2.40 bits per heavy atom. The number of nitrogens with zero attached hydrogens (tertiary/aromatic N) is 1. The predicted octanol–water partition coefficient (Wildman–Crippen LogP) is 0.660. The van der Waals surface area contributed by atoms with Crippen molar-refractivity contribution in [3.05, 3.63) is 0 Å². The fraction of sp³-hybridized carbons (Fsp3) is 0.700. The molecule has 0 aromatic rings. The quantitative estimate of drug-likeness (QED) is 0.716. The van der Waals surface area contributed by atoms with Crippen molar-refractivity contribution in [2.45, 2.75) is 38.6 Å². The van der Waals surface area contributed by atoms with E-state index in [9.17, 15) is 9.59 Å². The van der Waals surface area contributed by atoms with Crippen molar-refractivity contribution in [2.24, 2.45) is 5.41 Å². The van der Waals surface area contributed by atoms with Crippen LogP contribution < -0.4 is 5.32 Å². The molecule has 1 aliphatic rings. The highest BCUT2D eigenvalue weighted by Crippen LogP contribution is 2.37. The van der Waals surface area contributed by atoms with E-state index >= 15 is 0 Å². The number of rotatable bonds is 3. The molecule has 0 bridgehead atoms. The van der Waals surface area contributed by atoms with Crippen LogP contribution in [0.3, 0.4) is 0 Å². The summed E-state index contributed by atoms with van der Waals surface area (Å²) in [7, 11) is 0. The third kappa shape index (κ3) is 2.27. The van der Waals surface area contributed by atoms with Crippen molar-refractivity contribution >= 4 is 11.9 Å². The summed E-state index contributed by atoms with van der Waals surface area (Å²) < 4.78 is 0. The number of carbonyl (C=O) groups is 2. The molecular weight excluding hydrogens is 196 g/mol. The van der Waals surface area contributed by atoms with Crippen molar-refractivity contribution in [3.63, 3.8) is 0 Å². The second kappa shape index (κ2) is 4.30. The molecule has 0 spiro atoms. The minimum Gasteiger partial charge on any atom is -0.480 e. The normalized spacial score (nSPS) is 20.3. The first-order valence-corrected chi connectivity index (χ1v) is 4.97. The molecular formula is C10H14N2O3. The van der Waals surface area contributed by atoms with Gasteiger partial charge in [0.2, 0.25) is 5.91 Å². The van der Waals surface area contributed by atoms with Crippen LogP contribution in [-0.2, 0) is 9.59 Å². The summed E-state index contributed by atoms with van der Waals surface area (Å²) in [4.78, 5) is 22.3. The summed E-state index contributed by atoms with van der Waals surface area (Å²) in [6.07, 6.45) is 2.76. The second-order valence-electron chi connectivity index (χ2n) is 3.93. The van der Waals surface area contributed by atoms with Gasteiger partial charge in [0.1, 0.15) is 11.5 Å². The number of nitriles is 1. The van der Waals surface area contributed by atoms with Crippen LogP contribution in [-0.4, -0.2) is 23.0 Å². The first kappa shape index (κ1) is 11.5. The maximum Gasteiger partial charge on any atom is 0.325 e. The molecule has 0 aromatic heterocycles. The van der Waals surface area contributed by atoms with Gasteiger partial charge in [-0.3, -0.25) is 9.59 Å². The number of hydrogen-bond donors (Lipinski definition) is 2. The van der Waals surface area contributed by atoms with E-state index in [2.05, 4.69) is 5.32 Å². The Labute approximate surface area is 88.1 Å². The molecule has 1 atom stereocenters. The Bertz CT molecular complexity index is 313. The Hall–Kier alpha value is -1.57. The van der Waals surface area contributed by atoms with Gasteiger partial charge in [0.15, 0.2) is 0 Å². The van der Waals surface area contributed by atoms with Gasteiger partial charge in [0, 0.05) is 0 Å². The molecule has 0 heterocycles. The molecule has 2 N–H and O–H groups in total. The Balaban J connectivity index is 2.67. The van der Waals surface area contributed by atoms with Crippen LogP contribution in [0.1, 0.15) is 32.6 Å². The summed E-state index contributed by atoms with van der Waals surface area (Å²) in [5.41, 5.74) is -0.996. The van der Waals surface area contributed by atoms with Gasteiger partial charge in [-0.25, -0.2) is 0 Å². The first-order valence-electron chi connectivity index (χ1n) is 4.97. The molecule has 5 nitrogen and oxygen atoms in total. The first-order chi connectivity index (χ1) is 7.02. The Morgan fingerprint density at radius 2 is 2.00 bits per heavy atom. The van der Waals surface area contributed by atoms with Crippen LogP contribution >= 0.6 is 0 Å². The minimum absolute atomic E-state index is 0.447. The molecule has 5 heteroatoms. The van der Waals surface area contributed by atoms with Crippen LogP contribution in [0.2, 0.25) is 0 Å². The van der Waals surface area contributed by atoms with Gasteiger partial charge in [-0.15, -0.1) is 0 Å². The fourth-order valence-electron chi connectivity index (χ4n) is 1.76. The monoisotopic (exact) mass is 210 g/mol. The second-order valence-corrected chi connectivity index (χ2v) is 3.93. The maximum atomic E-state index is 11.7. The molecule has 0 aliphatic heterocycles. The van der Waals surface area contributed by atoms with E-state index in [1.165, 1.54) is 6.92 Å². The third-order valence-electron chi connectivity index (χ3n) is 2.82. The Kier molecular flexibility index (Phi) is 3.30. The molecule has 1 amide bonds. The van der Waals surface area contributed by atoms with Gasteiger partial charge in [0.25, 0.3) is 0 Å². The molecule has 0 radical (unpaired) electrons. The van der Waals surface area contributed by atoms with E-state index in [-0.39, 0.29) is 0 Å². The standard InChI is InChI=1S/C10H14N2O3/c1-7(8(13)14)12-9(15)10(6-11)4-2-3-5-10/h7H,2-5H2,1H3,(H,12,15)(H,13,14)/t7-/m0/s1. The van der Waals surface area contributed by atoms with Gasteiger partial charge < -0.3 is 10.4 Å². The number of aliphatic carboxylic acids is 1. The fourth-order valence-corrected chi connectivity index (χ4v) is 1.76. The van der Waals surface area contributed by atoms with Crippen LogP contribution in [0, 0.1) is 16.7 Å². The molecule has 1 fully saturated rings. The number of carboxylic acids is 1. The van der Waals surface area contributed by atoms with E-state index in [0.717, 1.165) is 12.8 Å². The van der Waals surface area contributed by atoms with Crippen molar-refractivity contribution < 1.29 is 14.7 Å². The minimum atomic E-state index is -1.09. The van der Waals surface area contributed by atoms with E-state index in [0.29, 0.717) is 12.8 Å². The lowest BCUT2D eigenvalue weighted by Gasteiger charge is -2.20. The highest BCUT2D eigenvalue weighted by Gasteiger charge is 2.42. The largest absolute Gasteiger partial charge is 0.480 e. The van der Waals surface area contributed by atoms with E-state index in [1.54, 1.807) is 0 Å². The number of carboxylic acid groups (broad SMARTS) is 1. The summed E-state index contributed by atoms with van der Waals surface area (Å²) in [6, 6.07) is 1.08. The van der Waals surface area contributed by atoms with Gasteiger partial charge >= 0.3 is 5.97 Å². The molecule has 1 aliphatic carbocycles. The maximum absolute atomic E-state index is 11.7. The average molecular weight is 210 g/mol. The predicted molar refractivity (Wildman–Crippen MR) is 51.8 cm³/mol. The van der Waals surface area contributed by atoms with Gasteiger partial charge in [0.05, 0.1) is 6.07 Å². The smallest absolute Gasteiger partial charge is 0.325 e. The van der Waals surface area contributed by atoms with Crippen molar-refractivity contribution in [3.8, 4) is 6.07 Å². The zero-order valence-electron chi connectivity index (χ0n) is 8.62. The van der Waals surface area contributed by atoms with Crippen LogP contribution in [0.25, 0.3) is 0 Å². The number of carbonyl (C=O) groups excluding carboxylic acids is 1. The lowest BCUT2D eigenvalue weighted by atomic mass is 9.87. The molecule has 0 unspecified atom stereocenters. The van der Waals surface area contributed by atoms with E-state index in [4.69, 9.17) is 10.4 Å². The molecule has 15 heavy (non-hydrogen) atoms. The summed E-state index contributed by atoms with van der Waals surface area (Å²) in [5.74, 6) is -1.54. The summed E-state index contributed by atoms with van der Waals surface area (Å²) in [6.45, 7) is 1.39. The van der Waals surface area contributed by atoms with Crippen molar-refractivity contribution in [2.75, 3.05) is 0 Å². The highest BCUT2D eigenvalue weighted by molar-refractivity contribution is 5.89. The SMILES string of the molecule is C[C@H](NC(=O)C1(C#N)CCCC1)C(=O)O. The molecule has 0 saturated heterocycles. The molecule has 82 valence electrons. The zero-order valence-corrected chi connectivity index (χ0v) is 8.62. The summed E-state index contributed by atoms with van der Waals surface area (Å²) in [5, 5.41) is 20.0. The van der Waals surface area contributed by atoms with Crippen molar-refractivity contribution in [1.82, 2.24) is 5.32 Å². The Morgan fingerprint density at radius 1 is 1.47 bits per heavy atom. The van der Waals surface area contributed by atoms with Gasteiger partial charge in [-0.1, -0.05) is 12.8 Å². The molecule has 1 rings (SSSR count). The van der Waals surface area contributed by atoms with E-state index < -0.39 is 23.3 Å². The number of nitrogens with one attached hydrogen (secondary N) is 1.